The molecule has 34 heavy (non-hydrogen) atoms. The van der Waals surface area contributed by atoms with Gasteiger partial charge in [0.1, 0.15) is 0 Å². The molecule has 174 valence electrons. The van der Waals surface area contributed by atoms with Gasteiger partial charge in [0.15, 0.2) is 18.1 Å². The molecule has 1 amide bonds. The highest BCUT2D eigenvalue weighted by atomic mass is 16.7. The van der Waals surface area contributed by atoms with Gasteiger partial charge in [0.05, 0.1) is 5.69 Å². The lowest BCUT2D eigenvalue weighted by Gasteiger charge is -2.21. The summed E-state index contributed by atoms with van der Waals surface area (Å²) in [7, 11) is 0. The van der Waals surface area contributed by atoms with E-state index in [4.69, 9.17) is 14.2 Å². The van der Waals surface area contributed by atoms with E-state index in [9.17, 15) is 14.4 Å². The highest BCUT2D eigenvalue weighted by Crippen LogP contribution is 2.47. The molecule has 5 rings (SSSR count). The van der Waals surface area contributed by atoms with E-state index in [2.05, 4.69) is 10.4 Å². The third-order valence-corrected chi connectivity index (χ3v) is 5.82. The molecular formula is C25H23N3O6. The number of amides is 1. The van der Waals surface area contributed by atoms with Gasteiger partial charge in [-0.25, -0.2) is 9.48 Å². The molecule has 9 nitrogen and oxygen atoms in total. The van der Waals surface area contributed by atoms with Gasteiger partial charge < -0.3 is 19.5 Å². The first-order valence-electron chi connectivity index (χ1n) is 11.1. The first kappa shape index (κ1) is 21.7. The van der Waals surface area contributed by atoms with Crippen molar-refractivity contribution in [1.82, 2.24) is 9.78 Å². The third kappa shape index (κ3) is 4.24. The van der Waals surface area contributed by atoms with Crippen LogP contribution in [-0.2, 0) is 9.53 Å². The maximum Gasteiger partial charge on any atom is 0.363 e. The molecule has 1 aromatic heterocycles. The Morgan fingerprint density at radius 2 is 1.79 bits per heavy atom. The number of hydrogen-bond acceptors (Lipinski definition) is 7. The first-order chi connectivity index (χ1) is 16.4. The number of nitrogens with one attached hydrogen (secondary N) is 1. The van der Waals surface area contributed by atoms with Crippen LogP contribution in [0.2, 0.25) is 0 Å². The third-order valence-electron chi connectivity index (χ3n) is 5.82. The molecule has 1 aliphatic heterocycles. The molecule has 1 fully saturated rings. The number of carbonyl (C=O) groups excluding carboxylic acids is 2. The zero-order valence-corrected chi connectivity index (χ0v) is 18.6. The standard InChI is InChI=1S/C25H23N3O6/c1-16-13-19(29)23(27-28(16)18-7-3-2-4-8-18)24(31)32-15-22(30)26-17-9-10-20-21(14-17)34-25(33-20)11-5-6-12-25/h2-4,7-10,13-14H,5-6,11-12,15H2,1H3,(H,26,30). The molecule has 0 unspecified atom stereocenters. The number of carbonyl (C=O) groups is 2. The van der Waals surface area contributed by atoms with Crippen LogP contribution in [0, 0.1) is 6.92 Å². The Hall–Kier alpha value is -4.14. The second-order valence-corrected chi connectivity index (χ2v) is 8.35. The normalized spacial score (nSPS) is 15.3. The fourth-order valence-corrected chi connectivity index (χ4v) is 4.21. The van der Waals surface area contributed by atoms with E-state index in [1.807, 2.05) is 18.2 Å². The Morgan fingerprint density at radius 1 is 1.06 bits per heavy atom. The lowest BCUT2D eigenvalue weighted by molar-refractivity contribution is -0.119. The maximum atomic E-state index is 12.5. The number of aromatic nitrogens is 2. The van der Waals surface area contributed by atoms with Crippen molar-refractivity contribution in [3.63, 3.8) is 0 Å². The molecule has 2 heterocycles. The lowest BCUT2D eigenvalue weighted by Crippen LogP contribution is -2.34. The van der Waals surface area contributed by atoms with E-state index in [0.717, 1.165) is 25.7 Å². The number of anilines is 1. The minimum absolute atomic E-state index is 0.396. The van der Waals surface area contributed by atoms with Crippen molar-refractivity contribution in [1.29, 1.82) is 0 Å². The van der Waals surface area contributed by atoms with Crippen molar-refractivity contribution < 1.29 is 23.8 Å². The Labute approximate surface area is 195 Å². The average molecular weight is 461 g/mol. The van der Waals surface area contributed by atoms with Crippen molar-refractivity contribution in [2.24, 2.45) is 0 Å². The Bertz CT molecular complexity index is 1310. The number of benzene rings is 2. The van der Waals surface area contributed by atoms with Gasteiger partial charge in [0.2, 0.25) is 11.1 Å². The van der Waals surface area contributed by atoms with Gasteiger partial charge in [-0.15, -0.1) is 0 Å². The number of nitrogens with zero attached hydrogens (tertiary/aromatic N) is 2. The Balaban J connectivity index is 1.23. The van der Waals surface area contributed by atoms with Crippen LogP contribution in [0.5, 0.6) is 11.5 Å². The van der Waals surface area contributed by atoms with Crippen molar-refractivity contribution in [2.45, 2.75) is 38.4 Å². The number of fused-ring (bicyclic) bond motifs is 1. The summed E-state index contributed by atoms with van der Waals surface area (Å²) in [6.07, 6.45) is 3.76. The zero-order valence-electron chi connectivity index (χ0n) is 18.6. The van der Waals surface area contributed by atoms with E-state index in [1.54, 1.807) is 37.3 Å². The van der Waals surface area contributed by atoms with Crippen LogP contribution >= 0.6 is 0 Å². The lowest BCUT2D eigenvalue weighted by atomic mass is 10.2. The summed E-state index contributed by atoms with van der Waals surface area (Å²) < 4.78 is 18.5. The summed E-state index contributed by atoms with van der Waals surface area (Å²) in [4.78, 5) is 37.2. The molecule has 0 bridgehead atoms. The summed E-state index contributed by atoms with van der Waals surface area (Å²) >= 11 is 0. The van der Waals surface area contributed by atoms with Gasteiger partial charge in [0.25, 0.3) is 11.7 Å². The van der Waals surface area contributed by atoms with Crippen LogP contribution in [0.1, 0.15) is 41.9 Å². The molecule has 1 N–H and O–H groups in total. The molecule has 1 aliphatic carbocycles. The highest BCUT2D eigenvalue weighted by Gasteiger charge is 2.44. The minimum atomic E-state index is -0.973. The molecule has 0 radical (unpaired) electrons. The number of esters is 1. The molecule has 0 saturated heterocycles. The largest absolute Gasteiger partial charge is 0.451 e. The fourth-order valence-electron chi connectivity index (χ4n) is 4.21. The molecule has 9 heteroatoms. The second-order valence-electron chi connectivity index (χ2n) is 8.35. The Kier molecular flexibility index (Phi) is 5.53. The number of rotatable bonds is 5. The predicted molar refractivity (Wildman–Crippen MR) is 122 cm³/mol. The number of ether oxygens (including phenoxy) is 3. The smallest absolute Gasteiger partial charge is 0.363 e. The maximum absolute atomic E-state index is 12.5. The van der Waals surface area contributed by atoms with E-state index in [0.29, 0.717) is 28.6 Å². The Morgan fingerprint density at radius 3 is 2.56 bits per heavy atom. The SMILES string of the molecule is Cc1cc(=O)c(C(=O)OCC(=O)Nc2ccc3c(c2)OC2(CCCC2)O3)nn1-c1ccccc1. The summed E-state index contributed by atoms with van der Waals surface area (Å²) in [6, 6.07) is 15.5. The topological polar surface area (TPSA) is 109 Å². The van der Waals surface area contributed by atoms with Gasteiger partial charge >= 0.3 is 5.97 Å². The van der Waals surface area contributed by atoms with E-state index >= 15 is 0 Å². The van der Waals surface area contributed by atoms with E-state index < -0.39 is 35.4 Å². The number of hydrogen-bond donors (Lipinski definition) is 1. The fraction of sp³-hybridized carbons (Fsp3) is 0.280. The number of para-hydroxylation sites is 1. The van der Waals surface area contributed by atoms with Crippen molar-refractivity contribution in [3.05, 3.63) is 76.2 Å². The van der Waals surface area contributed by atoms with Gasteiger partial charge in [-0.3, -0.25) is 9.59 Å². The molecule has 1 saturated carbocycles. The van der Waals surface area contributed by atoms with Gasteiger partial charge in [-0.1, -0.05) is 18.2 Å². The molecule has 2 aromatic carbocycles. The zero-order chi connectivity index (χ0) is 23.7. The molecule has 0 atom stereocenters. The summed E-state index contributed by atoms with van der Waals surface area (Å²) in [5.41, 5.74) is 0.763. The van der Waals surface area contributed by atoms with Crippen molar-refractivity contribution in [3.8, 4) is 17.2 Å². The van der Waals surface area contributed by atoms with Gasteiger partial charge in [-0.2, -0.15) is 5.10 Å². The van der Waals surface area contributed by atoms with Gasteiger partial charge in [-0.05, 0) is 44.0 Å². The summed E-state index contributed by atoms with van der Waals surface area (Å²) in [6.45, 7) is 1.14. The van der Waals surface area contributed by atoms with Gasteiger partial charge in [0, 0.05) is 36.4 Å². The van der Waals surface area contributed by atoms with Crippen LogP contribution < -0.4 is 20.2 Å². The molecule has 3 aromatic rings. The molecule has 1 spiro atoms. The first-order valence-corrected chi connectivity index (χ1v) is 11.1. The monoisotopic (exact) mass is 461 g/mol. The molecule has 2 aliphatic rings. The van der Waals surface area contributed by atoms with Crippen molar-refractivity contribution >= 4 is 17.6 Å². The van der Waals surface area contributed by atoms with Crippen LogP contribution in [0.4, 0.5) is 5.69 Å². The highest BCUT2D eigenvalue weighted by molar-refractivity contribution is 5.95. The summed E-state index contributed by atoms with van der Waals surface area (Å²) in [5, 5.41) is 6.81. The van der Waals surface area contributed by atoms with Crippen LogP contribution in [0.3, 0.4) is 0 Å². The molecular weight excluding hydrogens is 438 g/mol. The second kappa shape index (κ2) is 8.66. The van der Waals surface area contributed by atoms with Crippen molar-refractivity contribution in [2.75, 3.05) is 11.9 Å². The summed E-state index contributed by atoms with van der Waals surface area (Å²) in [5.74, 6) is -0.903. The number of aryl methyl sites for hydroxylation is 1. The van der Waals surface area contributed by atoms with E-state index in [-0.39, 0.29) is 0 Å². The minimum Gasteiger partial charge on any atom is -0.451 e. The van der Waals surface area contributed by atoms with Crippen LogP contribution in [0.25, 0.3) is 5.69 Å². The van der Waals surface area contributed by atoms with Crippen LogP contribution in [0.15, 0.2) is 59.4 Å². The quantitative estimate of drug-likeness (QED) is 0.580. The average Bonchev–Trinajstić information content (AvgIpc) is 3.43. The van der Waals surface area contributed by atoms with E-state index in [1.165, 1.54) is 10.7 Å². The predicted octanol–water partition coefficient (Wildman–Crippen LogP) is 3.38. The van der Waals surface area contributed by atoms with Crippen LogP contribution in [-0.4, -0.2) is 34.1 Å².